The molecule has 0 radical (unpaired) electrons. The molecule has 1 aromatic carbocycles. The third-order valence-corrected chi connectivity index (χ3v) is 3.91. The van der Waals surface area contributed by atoms with Crippen molar-refractivity contribution < 1.29 is 27.5 Å². The Kier molecular flexibility index (Phi) is 5.53. The first-order valence-corrected chi connectivity index (χ1v) is 7.83. The number of rotatable bonds is 4. The van der Waals surface area contributed by atoms with Crippen LogP contribution < -0.4 is 15.5 Å². The van der Waals surface area contributed by atoms with E-state index in [9.17, 15) is 18.0 Å². The van der Waals surface area contributed by atoms with Crippen LogP contribution in [-0.4, -0.2) is 31.8 Å². The fourth-order valence-electron chi connectivity index (χ4n) is 2.62. The van der Waals surface area contributed by atoms with Gasteiger partial charge in [0.15, 0.2) is 0 Å². The first-order chi connectivity index (χ1) is 11.5. The summed E-state index contributed by atoms with van der Waals surface area (Å²) in [5.41, 5.74) is 0.0442. The second-order valence-corrected chi connectivity index (χ2v) is 6.57. The van der Waals surface area contributed by atoms with Gasteiger partial charge in [0.05, 0.1) is 16.3 Å². The number of alkyl halides is 3. The lowest BCUT2D eigenvalue weighted by Crippen LogP contribution is -2.41. The summed E-state index contributed by atoms with van der Waals surface area (Å²) >= 11 is 6.24. The van der Waals surface area contributed by atoms with E-state index in [0.717, 1.165) is 6.08 Å². The predicted octanol–water partition coefficient (Wildman–Crippen LogP) is 3.56. The molecule has 0 amide bonds. The van der Waals surface area contributed by atoms with Crippen LogP contribution in [0.4, 0.5) is 18.9 Å². The van der Waals surface area contributed by atoms with Gasteiger partial charge in [-0.25, -0.2) is 4.79 Å². The van der Waals surface area contributed by atoms with Crippen molar-refractivity contribution in [1.82, 2.24) is 0 Å². The number of benzene rings is 1. The molecule has 2 rings (SSSR count). The molecule has 0 spiro atoms. The zero-order valence-electron chi connectivity index (χ0n) is 13.9. The summed E-state index contributed by atoms with van der Waals surface area (Å²) in [5.74, 6) is 3.71. The van der Waals surface area contributed by atoms with Gasteiger partial charge in [0.25, 0.3) is 0 Å². The molecule has 1 unspecified atom stereocenters. The molecule has 0 saturated heterocycles. The summed E-state index contributed by atoms with van der Waals surface area (Å²) in [7, 11) is 1.78. The fourth-order valence-corrected chi connectivity index (χ4v) is 2.94. The van der Waals surface area contributed by atoms with E-state index in [1.807, 2.05) is 18.7 Å². The lowest BCUT2D eigenvalue weighted by atomic mass is 10.0. The lowest BCUT2D eigenvalue weighted by molar-refractivity contribution is -0.188. The highest BCUT2D eigenvalue weighted by Gasteiger charge is 2.49. The van der Waals surface area contributed by atoms with Crippen LogP contribution in [-0.2, 0) is 9.63 Å². The van der Waals surface area contributed by atoms with E-state index in [1.54, 1.807) is 7.05 Å². The van der Waals surface area contributed by atoms with Gasteiger partial charge in [-0.05, 0) is 18.1 Å². The molecule has 0 aromatic heterocycles. The van der Waals surface area contributed by atoms with Gasteiger partial charge in [0, 0.05) is 25.2 Å². The monoisotopic (exact) mass is 378 g/mol. The van der Waals surface area contributed by atoms with Crippen LogP contribution >= 0.6 is 11.6 Å². The molecule has 1 heterocycles. The number of ether oxygens (including phenoxy) is 1. The molecule has 0 fully saturated rings. The highest BCUT2D eigenvalue weighted by atomic mass is 35.5. The third kappa shape index (κ3) is 4.19. The van der Waals surface area contributed by atoms with E-state index in [1.165, 1.54) is 12.1 Å². The average Bonchev–Trinajstić information content (AvgIpc) is 2.50. The Balaban J connectivity index is 2.50. The van der Waals surface area contributed by atoms with Gasteiger partial charge in [-0.1, -0.05) is 25.4 Å². The van der Waals surface area contributed by atoms with E-state index in [-0.39, 0.29) is 11.3 Å². The molecule has 1 atom stereocenters. The standard InChI is InChI=1S/C16H18ClF3N2O3/c1-8(2)7-22(3)12-6-13-9(5-11(12)17)4-10(15(23)25-21)14(24-13)16(18,19)20/h4-6,8,14H,7,21H2,1-3H3. The van der Waals surface area contributed by atoms with Crippen molar-refractivity contribution in [2.45, 2.75) is 26.1 Å². The molecule has 25 heavy (non-hydrogen) atoms. The number of halogens is 4. The van der Waals surface area contributed by atoms with Gasteiger partial charge < -0.3 is 14.5 Å². The Morgan fingerprint density at radius 2 is 2.08 bits per heavy atom. The summed E-state index contributed by atoms with van der Waals surface area (Å²) in [4.78, 5) is 17.3. The maximum Gasteiger partial charge on any atom is 0.430 e. The number of anilines is 1. The van der Waals surface area contributed by atoms with Crippen LogP contribution in [0.5, 0.6) is 5.75 Å². The summed E-state index contributed by atoms with van der Waals surface area (Å²) in [6, 6.07) is 2.87. The minimum atomic E-state index is -4.80. The van der Waals surface area contributed by atoms with Crippen molar-refractivity contribution in [1.29, 1.82) is 0 Å². The minimum Gasteiger partial charge on any atom is -0.475 e. The third-order valence-electron chi connectivity index (χ3n) is 3.61. The van der Waals surface area contributed by atoms with Crippen LogP contribution in [0.2, 0.25) is 5.02 Å². The summed E-state index contributed by atoms with van der Waals surface area (Å²) in [6.45, 7) is 4.67. The summed E-state index contributed by atoms with van der Waals surface area (Å²) in [6.07, 6.45) is -6.23. The molecule has 0 aliphatic carbocycles. The molecule has 9 heteroatoms. The zero-order valence-corrected chi connectivity index (χ0v) is 14.6. The molecular weight excluding hydrogens is 361 g/mol. The number of hydrogen-bond acceptors (Lipinski definition) is 5. The van der Waals surface area contributed by atoms with Crippen LogP contribution in [0.25, 0.3) is 6.08 Å². The van der Waals surface area contributed by atoms with E-state index in [2.05, 4.69) is 4.84 Å². The van der Waals surface area contributed by atoms with Crippen molar-refractivity contribution in [3.05, 3.63) is 28.3 Å². The molecule has 0 bridgehead atoms. The quantitative estimate of drug-likeness (QED) is 0.812. The van der Waals surface area contributed by atoms with Crippen molar-refractivity contribution in [2.24, 2.45) is 11.8 Å². The Morgan fingerprint density at radius 1 is 1.44 bits per heavy atom. The summed E-state index contributed by atoms with van der Waals surface area (Å²) < 4.78 is 44.8. The molecule has 5 nitrogen and oxygen atoms in total. The first-order valence-electron chi connectivity index (χ1n) is 7.45. The smallest absolute Gasteiger partial charge is 0.430 e. The highest BCUT2D eigenvalue weighted by molar-refractivity contribution is 6.33. The molecule has 1 aliphatic heterocycles. The average molecular weight is 379 g/mol. The predicted molar refractivity (Wildman–Crippen MR) is 88.3 cm³/mol. The van der Waals surface area contributed by atoms with Crippen LogP contribution in [0, 0.1) is 5.92 Å². The Hall–Kier alpha value is -1.93. The second kappa shape index (κ2) is 7.13. The van der Waals surface area contributed by atoms with Gasteiger partial charge in [0.1, 0.15) is 5.75 Å². The number of nitrogens with two attached hydrogens (primary N) is 1. The maximum absolute atomic E-state index is 13.2. The van der Waals surface area contributed by atoms with Crippen LogP contribution in [0.3, 0.4) is 0 Å². The van der Waals surface area contributed by atoms with E-state index in [4.69, 9.17) is 22.2 Å². The van der Waals surface area contributed by atoms with Crippen LogP contribution in [0.1, 0.15) is 19.4 Å². The molecule has 0 saturated carbocycles. The van der Waals surface area contributed by atoms with E-state index >= 15 is 0 Å². The van der Waals surface area contributed by atoms with Crippen molar-refractivity contribution in [3.8, 4) is 5.75 Å². The Morgan fingerprint density at radius 3 is 2.60 bits per heavy atom. The first kappa shape index (κ1) is 19.4. The Labute approximate surface area is 148 Å². The second-order valence-electron chi connectivity index (χ2n) is 6.16. The summed E-state index contributed by atoms with van der Waals surface area (Å²) in [5, 5.41) is 0.327. The SMILES string of the molecule is CC(C)CN(C)c1cc2c(cc1Cl)C=C(C(=O)ON)C(C(F)(F)F)O2. The minimum absolute atomic E-state index is 0.0223. The maximum atomic E-state index is 13.2. The van der Waals surface area contributed by atoms with Gasteiger partial charge in [-0.2, -0.15) is 19.1 Å². The number of carbonyl (C=O) groups is 1. The van der Waals surface area contributed by atoms with Crippen molar-refractivity contribution in [2.75, 3.05) is 18.5 Å². The van der Waals surface area contributed by atoms with Gasteiger partial charge in [-0.15, -0.1) is 0 Å². The normalized spacial score (nSPS) is 16.8. The fraction of sp³-hybridized carbons (Fsp3) is 0.438. The van der Waals surface area contributed by atoms with Gasteiger partial charge in [-0.3, -0.25) is 0 Å². The molecule has 138 valence electrons. The molecular formula is C16H18ClF3N2O3. The number of carbonyl (C=O) groups excluding carboxylic acids is 1. The molecule has 2 N–H and O–H groups in total. The van der Waals surface area contributed by atoms with Crippen molar-refractivity contribution >= 4 is 29.3 Å². The zero-order chi connectivity index (χ0) is 18.9. The number of fused-ring (bicyclic) bond motifs is 1. The molecule has 1 aromatic rings. The van der Waals surface area contributed by atoms with Gasteiger partial charge >= 0.3 is 12.1 Å². The van der Waals surface area contributed by atoms with Crippen LogP contribution in [0.15, 0.2) is 17.7 Å². The lowest BCUT2D eigenvalue weighted by Gasteiger charge is -2.29. The van der Waals surface area contributed by atoms with E-state index < -0.39 is 23.8 Å². The van der Waals surface area contributed by atoms with E-state index in [0.29, 0.717) is 23.2 Å². The Bertz CT molecular complexity index is 705. The molecule has 1 aliphatic rings. The van der Waals surface area contributed by atoms with Crippen molar-refractivity contribution in [3.63, 3.8) is 0 Å². The highest BCUT2D eigenvalue weighted by Crippen LogP contribution is 2.41. The largest absolute Gasteiger partial charge is 0.475 e. The van der Waals surface area contributed by atoms with Gasteiger partial charge in [0.2, 0.25) is 6.10 Å². The number of hydrogen-bond donors (Lipinski definition) is 1. The topological polar surface area (TPSA) is 64.8 Å². The number of nitrogens with zero attached hydrogens (tertiary/aromatic N) is 1.